The van der Waals surface area contributed by atoms with Crippen LogP contribution < -0.4 is 5.32 Å². The van der Waals surface area contributed by atoms with Crippen LogP contribution in [0.25, 0.3) is 0 Å². The molecule has 0 heterocycles. The van der Waals surface area contributed by atoms with Gasteiger partial charge in [-0.25, -0.2) is 4.39 Å². The summed E-state index contributed by atoms with van der Waals surface area (Å²) in [7, 11) is 0. The minimum Gasteiger partial charge on any atom is -0.350 e. The first-order valence-electron chi connectivity index (χ1n) is 8.32. The first-order chi connectivity index (χ1) is 13.4. The van der Waals surface area contributed by atoms with Crippen LogP contribution in [0.1, 0.15) is 18.9 Å². The van der Waals surface area contributed by atoms with Gasteiger partial charge in [-0.15, -0.1) is 0 Å². The van der Waals surface area contributed by atoms with Crippen molar-refractivity contribution in [3.63, 3.8) is 0 Å². The van der Waals surface area contributed by atoms with Crippen LogP contribution in [0.15, 0.2) is 30.3 Å². The zero-order valence-corrected chi connectivity index (χ0v) is 14.9. The van der Waals surface area contributed by atoms with Gasteiger partial charge in [0, 0.05) is 6.04 Å². The molecule has 2 nitrogen and oxygen atoms in total. The summed E-state index contributed by atoms with van der Waals surface area (Å²) < 4.78 is 150. The molecule has 1 aromatic rings. The van der Waals surface area contributed by atoms with Crippen LogP contribution in [-0.2, 0) is 11.2 Å². The van der Waals surface area contributed by atoms with Crippen LogP contribution in [0.3, 0.4) is 0 Å². The lowest BCUT2D eigenvalue weighted by Gasteiger charge is -2.51. The molecule has 1 fully saturated rings. The lowest BCUT2D eigenvalue weighted by molar-refractivity contribution is -0.476. The van der Waals surface area contributed by atoms with Crippen molar-refractivity contribution in [1.82, 2.24) is 5.32 Å². The van der Waals surface area contributed by atoms with Crippen molar-refractivity contribution in [2.24, 2.45) is 0 Å². The van der Waals surface area contributed by atoms with Crippen molar-refractivity contribution < 1.29 is 53.1 Å². The fourth-order valence-corrected chi connectivity index (χ4v) is 2.93. The molecule has 1 aromatic carbocycles. The topological polar surface area (TPSA) is 29.1 Å². The van der Waals surface area contributed by atoms with Gasteiger partial charge in [-0.3, -0.25) is 4.79 Å². The minimum atomic E-state index is -7.35. The molecule has 0 bridgehead atoms. The molecule has 0 aromatic heterocycles. The molecule has 0 radical (unpaired) electrons. The number of benzene rings is 1. The molecule has 1 N–H and O–H groups in total. The zero-order chi connectivity index (χ0) is 23.4. The summed E-state index contributed by atoms with van der Waals surface area (Å²) in [5, 5.41) is 1.19. The normalized spacial score (nSPS) is 25.9. The maximum absolute atomic E-state index is 14.6. The summed E-state index contributed by atoms with van der Waals surface area (Å²) in [6.45, 7) is 0.966. The Balaban J connectivity index is 2.37. The molecule has 170 valence electrons. The quantitative estimate of drug-likeness (QED) is 0.619. The molecule has 1 amide bonds. The highest BCUT2D eigenvalue weighted by atomic mass is 19.4. The highest BCUT2D eigenvalue weighted by Crippen LogP contribution is 2.69. The third kappa shape index (κ3) is 2.87. The first kappa shape index (κ1) is 24.2. The summed E-state index contributed by atoms with van der Waals surface area (Å²) in [6, 6.07) is 6.49. The van der Waals surface area contributed by atoms with E-state index in [1.54, 1.807) is 30.3 Å². The largest absolute Gasteiger partial charge is 0.384 e. The molecule has 13 heteroatoms. The van der Waals surface area contributed by atoms with E-state index >= 15 is 0 Å². The monoisotopic (exact) mass is 457 g/mol. The molecule has 0 spiro atoms. The molecule has 30 heavy (non-hydrogen) atoms. The predicted octanol–water partition coefficient (Wildman–Crippen LogP) is 5.02. The number of halogens is 11. The lowest BCUT2D eigenvalue weighted by Crippen LogP contribution is -2.86. The minimum absolute atomic E-state index is 0.0682. The van der Waals surface area contributed by atoms with Gasteiger partial charge in [0.2, 0.25) is 0 Å². The summed E-state index contributed by atoms with van der Waals surface area (Å²) >= 11 is 0. The van der Waals surface area contributed by atoms with E-state index in [0.29, 0.717) is 5.56 Å². The highest BCUT2D eigenvalue weighted by molar-refractivity contribution is 5.89. The van der Waals surface area contributed by atoms with Crippen LogP contribution in [-0.4, -0.2) is 47.2 Å². The van der Waals surface area contributed by atoms with Crippen LogP contribution in [0, 0.1) is 0 Å². The van der Waals surface area contributed by atoms with E-state index in [-0.39, 0.29) is 12.8 Å². The van der Waals surface area contributed by atoms with Gasteiger partial charge >= 0.3 is 35.3 Å². The number of nitrogens with one attached hydrogen (secondary N) is 1. The van der Waals surface area contributed by atoms with Gasteiger partial charge in [0.25, 0.3) is 5.91 Å². The van der Waals surface area contributed by atoms with Crippen molar-refractivity contribution in [2.45, 2.75) is 61.1 Å². The van der Waals surface area contributed by atoms with Crippen LogP contribution in [0.2, 0.25) is 0 Å². The molecule has 1 atom stereocenters. The second kappa shape index (κ2) is 6.98. The second-order valence-electron chi connectivity index (χ2n) is 6.93. The maximum atomic E-state index is 14.6. The standard InChI is InChI=1S/C17H14F11NO/c1-9(7-8-10-5-3-2-4-6-10)29-11(30)12(18)13(19,20)15(23,24)17(27,28)16(25,26)14(12,21)22/h2-6,9H,7-8H2,1H3,(H,29,30). The fraction of sp³-hybridized carbons (Fsp3) is 0.588. The number of carbonyl (C=O) groups is 1. The fourth-order valence-electron chi connectivity index (χ4n) is 2.93. The van der Waals surface area contributed by atoms with Crippen molar-refractivity contribution >= 4 is 5.91 Å². The Labute approximate surface area is 162 Å². The van der Waals surface area contributed by atoms with E-state index in [9.17, 15) is 53.1 Å². The molecule has 1 aliphatic carbocycles. The average molecular weight is 457 g/mol. The van der Waals surface area contributed by atoms with Crippen LogP contribution in [0.4, 0.5) is 48.3 Å². The third-order valence-electron chi connectivity index (χ3n) is 4.84. The lowest BCUT2D eigenvalue weighted by atomic mass is 9.71. The van der Waals surface area contributed by atoms with E-state index in [1.807, 2.05) is 0 Å². The second-order valence-corrected chi connectivity index (χ2v) is 6.93. The van der Waals surface area contributed by atoms with E-state index in [4.69, 9.17) is 0 Å². The molecule has 1 saturated carbocycles. The third-order valence-corrected chi connectivity index (χ3v) is 4.84. The van der Waals surface area contributed by atoms with Gasteiger partial charge in [0.15, 0.2) is 0 Å². The van der Waals surface area contributed by atoms with Crippen LogP contribution >= 0.6 is 0 Å². The maximum Gasteiger partial charge on any atom is 0.384 e. The number of aryl methyl sites for hydroxylation is 1. The predicted molar refractivity (Wildman–Crippen MR) is 80.9 cm³/mol. The van der Waals surface area contributed by atoms with Gasteiger partial charge in [-0.1, -0.05) is 30.3 Å². The van der Waals surface area contributed by atoms with E-state index < -0.39 is 47.2 Å². The molecule has 2 rings (SSSR count). The Morgan fingerprint density at radius 2 is 1.17 bits per heavy atom. The summed E-state index contributed by atoms with van der Waals surface area (Å²) in [6.07, 6.45) is -0.162. The Morgan fingerprint density at radius 1 is 0.767 bits per heavy atom. The first-order valence-corrected chi connectivity index (χ1v) is 8.32. The number of hydrogen-bond acceptors (Lipinski definition) is 1. The number of alkyl halides is 11. The molecule has 0 aliphatic heterocycles. The van der Waals surface area contributed by atoms with Gasteiger partial charge in [0.05, 0.1) is 0 Å². The van der Waals surface area contributed by atoms with Gasteiger partial charge < -0.3 is 5.32 Å². The molecule has 0 saturated heterocycles. The van der Waals surface area contributed by atoms with E-state index in [2.05, 4.69) is 0 Å². The SMILES string of the molecule is CC(CCc1ccccc1)NC(=O)C1(F)C(F)(F)C(F)(F)C(F)(F)C(F)(F)C1(F)F. The smallest absolute Gasteiger partial charge is 0.350 e. The van der Waals surface area contributed by atoms with Crippen LogP contribution in [0.5, 0.6) is 0 Å². The van der Waals surface area contributed by atoms with Gasteiger partial charge in [-0.2, -0.15) is 43.9 Å². The molecular weight excluding hydrogens is 443 g/mol. The van der Waals surface area contributed by atoms with Gasteiger partial charge in [0.1, 0.15) is 0 Å². The van der Waals surface area contributed by atoms with Gasteiger partial charge in [-0.05, 0) is 25.3 Å². The molecular formula is C17H14F11NO. The van der Waals surface area contributed by atoms with Crippen molar-refractivity contribution in [1.29, 1.82) is 0 Å². The number of hydrogen-bond donors (Lipinski definition) is 1. The summed E-state index contributed by atoms with van der Waals surface area (Å²) in [4.78, 5) is 11.8. The summed E-state index contributed by atoms with van der Waals surface area (Å²) in [5.41, 5.74) is -6.06. The Hall–Kier alpha value is -2.08. The van der Waals surface area contributed by atoms with Crippen molar-refractivity contribution in [3.8, 4) is 0 Å². The Bertz CT molecular complexity index is 764. The number of carbonyl (C=O) groups excluding carboxylic acids is 1. The average Bonchev–Trinajstić information content (AvgIpc) is 2.64. The number of rotatable bonds is 5. The molecule has 1 aliphatic rings. The van der Waals surface area contributed by atoms with E-state index in [0.717, 1.165) is 6.92 Å². The highest BCUT2D eigenvalue weighted by Gasteiger charge is 3.02. The van der Waals surface area contributed by atoms with E-state index in [1.165, 1.54) is 5.32 Å². The molecule has 1 unspecified atom stereocenters. The zero-order valence-electron chi connectivity index (χ0n) is 14.9. The number of amides is 1. The summed E-state index contributed by atoms with van der Waals surface area (Å²) in [5.74, 6) is -39.5. The Morgan fingerprint density at radius 3 is 1.60 bits per heavy atom. The van der Waals surface area contributed by atoms with Crippen molar-refractivity contribution in [3.05, 3.63) is 35.9 Å². The Kier molecular flexibility index (Phi) is 5.62. The van der Waals surface area contributed by atoms with Crippen molar-refractivity contribution in [2.75, 3.05) is 0 Å².